The monoisotopic (exact) mass is 198 g/mol. The highest BCUT2D eigenvalue weighted by atomic mass is 16.5. The first-order valence-corrected chi connectivity index (χ1v) is 4.53. The van der Waals surface area contributed by atoms with Crippen molar-refractivity contribution in [2.45, 2.75) is 26.3 Å². The number of rotatable bonds is 6. The zero-order chi connectivity index (χ0) is 10.4. The smallest absolute Gasteiger partial charge is 0.303 e. The molecule has 5 heteroatoms. The second kappa shape index (κ2) is 5.39. The second-order valence-corrected chi connectivity index (χ2v) is 3.10. The van der Waals surface area contributed by atoms with Crippen LogP contribution in [0.3, 0.4) is 0 Å². The van der Waals surface area contributed by atoms with Gasteiger partial charge in [0.05, 0.1) is 5.69 Å². The first-order chi connectivity index (χ1) is 6.68. The van der Waals surface area contributed by atoms with E-state index in [1.54, 1.807) is 0 Å². The van der Waals surface area contributed by atoms with Crippen LogP contribution in [-0.4, -0.2) is 22.8 Å². The van der Waals surface area contributed by atoms with Crippen molar-refractivity contribution in [3.05, 3.63) is 17.5 Å². The zero-order valence-electron chi connectivity index (χ0n) is 8.12. The third-order valence-electron chi connectivity index (χ3n) is 1.73. The molecule has 5 nitrogen and oxygen atoms in total. The van der Waals surface area contributed by atoms with Crippen molar-refractivity contribution >= 4 is 5.97 Å². The highest BCUT2D eigenvalue weighted by molar-refractivity contribution is 5.66. The minimum Gasteiger partial charge on any atom is -0.481 e. The van der Waals surface area contributed by atoms with E-state index in [2.05, 4.69) is 10.5 Å². The van der Waals surface area contributed by atoms with Crippen molar-refractivity contribution in [2.24, 2.45) is 0 Å². The fourth-order valence-corrected chi connectivity index (χ4v) is 1.08. The Balaban J connectivity index is 2.07. The number of carboxylic acid groups (broad SMARTS) is 1. The standard InChI is InChI=1S/C9H14N2O3/c1-7-5-8(11-14-7)6-10-4-2-3-9(12)13/h5,10H,2-4,6H2,1H3,(H,12,13). The number of hydrogen-bond acceptors (Lipinski definition) is 4. The summed E-state index contributed by atoms with van der Waals surface area (Å²) in [6.07, 6.45) is 0.830. The normalized spacial score (nSPS) is 10.4. The molecular formula is C9H14N2O3. The Hall–Kier alpha value is -1.36. The summed E-state index contributed by atoms with van der Waals surface area (Å²) in [4.78, 5) is 10.2. The number of carbonyl (C=O) groups is 1. The third-order valence-corrected chi connectivity index (χ3v) is 1.73. The molecule has 1 rings (SSSR count). The Morgan fingerprint density at radius 1 is 1.71 bits per heavy atom. The van der Waals surface area contributed by atoms with Crippen LogP contribution in [-0.2, 0) is 11.3 Å². The van der Waals surface area contributed by atoms with Crippen molar-refractivity contribution in [3.63, 3.8) is 0 Å². The molecule has 0 spiro atoms. The lowest BCUT2D eigenvalue weighted by atomic mass is 10.3. The molecule has 1 aromatic rings. The minimum absolute atomic E-state index is 0.199. The molecule has 2 N–H and O–H groups in total. The highest BCUT2D eigenvalue weighted by Gasteiger charge is 1.99. The lowest BCUT2D eigenvalue weighted by molar-refractivity contribution is -0.137. The maximum Gasteiger partial charge on any atom is 0.303 e. The predicted octanol–water partition coefficient (Wildman–Crippen LogP) is 0.937. The van der Waals surface area contributed by atoms with Crippen LogP contribution >= 0.6 is 0 Å². The summed E-state index contributed by atoms with van der Waals surface area (Å²) >= 11 is 0. The minimum atomic E-state index is -0.760. The van der Waals surface area contributed by atoms with Crippen molar-refractivity contribution in [1.29, 1.82) is 0 Å². The number of hydrogen-bond donors (Lipinski definition) is 2. The van der Waals surface area contributed by atoms with Gasteiger partial charge < -0.3 is 14.9 Å². The molecule has 0 aliphatic carbocycles. The first kappa shape index (κ1) is 10.7. The van der Waals surface area contributed by atoms with Crippen molar-refractivity contribution in [3.8, 4) is 0 Å². The molecule has 0 bridgehead atoms. The molecule has 78 valence electrons. The van der Waals surface area contributed by atoms with Crippen molar-refractivity contribution in [1.82, 2.24) is 10.5 Å². The van der Waals surface area contributed by atoms with E-state index in [4.69, 9.17) is 9.63 Å². The van der Waals surface area contributed by atoms with Gasteiger partial charge in [-0.15, -0.1) is 0 Å². The molecule has 0 atom stereocenters. The first-order valence-electron chi connectivity index (χ1n) is 4.53. The summed E-state index contributed by atoms with van der Waals surface area (Å²) in [6, 6.07) is 1.85. The second-order valence-electron chi connectivity index (χ2n) is 3.10. The van der Waals surface area contributed by atoms with E-state index in [1.165, 1.54) is 0 Å². The summed E-state index contributed by atoms with van der Waals surface area (Å²) in [5, 5.41) is 15.3. The van der Waals surface area contributed by atoms with Gasteiger partial charge in [0.1, 0.15) is 5.76 Å². The average molecular weight is 198 g/mol. The molecule has 1 heterocycles. The third kappa shape index (κ3) is 4.04. The van der Waals surface area contributed by atoms with E-state index in [0.717, 1.165) is 11.5 Å². The Bertz CT molecular complexity index is 296. The van der Waals surface area contributed by atoms with Crippen LogP contribution in [0.2, 0.25) is 0 Å². The van der Waals surface area contributed by atoms with Gasteiger partial charge in [0, 0.05) is 19.0 Å². The number of aromatic nitrogens is 1. The number of nitrogens with one attached hydrogen (secondary N) is 1. The summed E-state index contributed by atoms with van der Waals surface area (Å²) in [6.45, 7) is 3.14. The van der Waals surface area contributed by atoms with Gasteiger partial charge in [0.2, 0.25) is 0 Å². The van der Waals surface area contributed by atoms with Gasteiger partial charge in [0.25, 0.3) is 0 Å². The molecule has 0 aromatic carbocycles. The number of aliphatic carboxylic acids is 1. The van der Waals surface area contributed by atoms with Crippen molar-refractivity contribution in [2.75, 3.05) is 6.54 Å². The van der Waals surface area contributed by atoms with Crippen LogP contribution in [0.15, 0.2) is 10.6 Å². The lowest BCUT2D eigenvalue weighted by Gasteiger charge is -1.99. The molecule has 0 fully saturated rings. The van der Waals surface area contributed by atoms with E-state index < -0.39 is 5.97 Å². The highest BCUT2D eigenvalue weighted by Crippen LogP contribution is 2.00. The van der Waals surface area contributed by atoms with Gasteiger partial charge in [-0.25, -0.2) is 0 Å². The topological polar surface area (TPSA) is 75.4 Å². The molecule has 0 aliphatic rings. The van der Waals surface area contributed by atoms with Crippen LogP contribution in [0.4, 0.5) is 0 Å². The van der Waals surface area contributed by atoms with Gasteiger partial charge in [-0.05, 0) is 19.9 Å². The predicted molar refractivity (Wildman–Crippen MR) is 49.8 cm³/mol. The van der Waals surface area contributed by atoms with Gasteiger partial charge in [0.15, 0.2) is 0 Å². The molecule has 1 aromatic heterocycles. The Kier molecular flexibility index (Phi) is 4.12. The Morgan fingerprint density at radius 3 is 3.07 bits per heavy atom. The van der Waals surface area contributed by atoms with E-state index >= 15 is 0 Å². The molecule has 0 unspecified atom stereocenters. The number of nitrogens with zero attached hydrogens (tertiary/aromatic N) is 1. The van der Waals surface area contributed by atoms with Gasteiger partial charge >= 0.3 is 5.97 Å². The van der Waals surface area contributed by atoms with Crippen LogP contribution in [0, 0.1) is 6.92 Å². The van der Waals surface area contributed by atoms with Gasteiger partial charge in [-0.2, -0.15) is 0 Å². The lowest BCUT2D eigenvalue weighted by Crippen LogP contribution is -2.15. The fourth-order valence-electron chi connectivity index (χ4n) is 1.08. The molecular weight excluding hydrogens is 184 g/mol. The molecule has 0 aliphatic heterocycles. The van der Waals surface area contributed by atoms with Gasteiger partial charge in [-0.1, -0.05) is 5.16 Å². The van der Waals surface area contributed by atoms with E-state index in [-0.39, 0.29) is 6.42 Å². The van der Waals surface area contributed by atoms with E-state index in [9.17, 15) is 4.79 Å². The molecule has 14 heavy (non-hydrogen) atoms. The molecule has 0 saturated carbocycles. The summed E-state index contributed by atoms with van der Waals surface area (Å²) < 4.78 is 4.88. The fraction of sp³-hybridized carbons (Fsp3) is 0.556. The SMILES string of the molecule is Cc1cc(CNCCCC(=O)O)no1. The Morgan fingerprint density at radius 2 is 2.50 bits per heavy atom. The van der Waals surface area contributed by atoms with E-state index in [0.29, 0.717) is 19.5 Å². The molecule has 0 radical (unpaired) electrons. The summed E-state index contributed by atoms with van der Waals surface area (Å²) in [7, 11) is 0. The molecule has 0 saturated heterocycles. The quantitative estimate of drug-likeness (QED) is 0.665. The average Bonchev–Trinajstić information content (AvgIpc) is 2.50. The van der Waals surface area contributed by atoms with E-state index in [1.807, 2.05) is 13.0 Å². The van der Waals surface area contributed by atoms with Gasteiger partial charge in [-0.3, -0.25) is 4.79 Å². The maximum atomic E-state index is 10.2. The summed E-state index contributed by atoms with van der Waals surface area (Å²) in [5.74, 6) is 0.0245. The maximum absolute atomic E-state index is 10.2. The van der Waals surface area contributed by atoms with Crippen LogP contribution < -0.4 is 5.32 Å². The summed E-state index contributed by atoms with van der Waals surface area (Å²) in [5.41, 5.74) is 0.845. The van der Waals surface area contributed by atoms with Crippen LogP contribution in [0.5, 0.6) is 0 Å². The van der Waals surface area contributed by atoms with Crippen LogP contribution in [0.25, 0.3) is 0 Å². The Labute approximate surface area is 82.1 Å². The van der Waals surface area contributed by atoms with Crippen molar-refractivity contribution < 1.29 is 14.4 Å². The number of aryl methyl sites for hydroxylation is 1. The number of carboxylic acids is 1. The largest absolute Gasteiger partial charge is 0.481 e. The van der Waals surface area contributed by atoms with Crippen LogP contribution in [0.1, 0.15) is 24.3 Å². The zero-order valence-corrected chi connectivity index (χ0v) is 8.12. The molecule has 0 amide bonds.